The normalized spacial score (nSPS) is 10.5. The molecule has 2 heterocycles. The van der Waals surface area contributed by atoms with E-state index < -0.39 is 0 Å². The predicted molar refractivity (Wildman–Crippen MR) is 88.7 cm³/mol. The molecule has 5 nitrogen and oxygen atoms in total. The van der Waals surface area contributed by atoms with Crippen LogP contribution in [0.5, 0.6) is 0 Å². The molecule has 1 aromatic carbocycles. The molecule has 1 amide bonds. The maximum atomic E-state index is 12.2. The summed E-state index contributed by atoms with van der Waals surface area (Å²) in [7, 11) is 0. The lowest BCUT2D eigenvalue weighted by atomic mass is 10.1. The Hall–Kier alpha value is -2.92. The van der Waals surface area contributed by atoms with E-state index in [4.69, 9.17) is 5.11 Å². The quantitative estimate of drug-likeness (QED) is 0.761. The number of carbonyl (C=O) groups is 1. The smallest absolute Gasteiger partial charge is 0.257 e. The van der Waals surface area contributed by atoms with Gasteiger partial charge in [-0.25, -0.2) is 4.98 Å². The number of pyridine rings is 1. The van der Waals surface area contributed by atoms with E-state index >= 15 is 0 Å². The van der Waals surface area contributed by atoms with Crippen molar-refractivity contribution in [3.05, 3.63) is 78.2 Å². The molecule has 0 fully saturated rings. The van der Waals surface area contributed by atoms with Crippen molar-refractivity contribution in [2.45, 2.75) is 6.42 Å². The van der Waals surface area contributed by atoms with Crippen LogP contribution in [0, 0.1) is 0 Å². The first-order chi connectivity index (χ1) is 11.3. The number of amides is 1. The number of hydrogen-bond donors (Lipinski definition) is 2. The maximum absolute atomic E-state index is 12.2. The molecule has 0 saturated carbocycles. The fraction of sp³-hybridized carbons (Fsp3) is 0.111. The SMILES string of the molecule is O=C(Nc1ccc(CCO)cc1)c1ccc(-n2cccc2)nc1. The summed E-state index contributed by atoms with van der Waals surface area (Å²) in [5, 5.41) is 11.7. The van der Waals surface area contributed by atoms with Crippen molar-refractivity contribution in [3.63, 3.8) is 0 Å². The number of benzene rings is 1. The lowest BCUT2D eigenvalue weighted by Gasteiger charge is -2.07. The third kappa shape index (κ3) is 3.64. The third-order valence-corrected chi connectivity index (χ3v) is 3.49. The molecule has 3 aromatic rings. The summed E-state index contributed by atoms with van der Waals surface area (Å²) >= 11 is 0. The zero-order valence-corrected chi connectivity index (χ0v) is 12.5. The molecule has 5 heteroatoms. The largest absolute Gasteiger partial charge is 0.396 e. The van der Waals surface area contributed by atoms with E-state index in [-0.39, 0.29) is 12.5 Å². The van der Waals surface area contributed by atoms with Crippen LogP contribution in [0.25, 0.3) is 5.82 Å². The standard InChI is InChI=1S/C18H17N3O2/c22-12-9-14-3-6-16(7-4-14)20-18(23)15-5-8-17(19-13-15)21-10-1-2-11-21/h1-8,10-11,13,22H,9,12H2,(H,20,23). The first kappa shape index (κ1) is 15.0. The molecule has 0 aliphatic carbocycles. The number of nitrogens with zero attached hydrogens (tertiary/aromatic N) is 2. The number of anilines is 1. The molecular weight excluding hydrogens is 290 g/mol. The van der Waals surface area contributed by atoms with E-state index in [1.807, 2.05) is 53.4 Å². The summed E-state index contributed by atoms with van der Waals surface area (Å²) in [6.45, 7) is 0.116. The van der Waals surface area contributed by atoms with Crippen LogP contribution in [0.2, 0.25) is 0 Å². The van der Waals surface area contributed by atoms with E-state index in [1.165, 1.54) is 0 Å². The number of aromatic nitrogens is 2. The molecule has 0 radical (unpaired) electrons. The highest BCUT2D eigenvalue weighted by Crippen LogP contribution is 2.12. The van der Waals surface area contributed by atoms with Crippen molar-refractivity contribution in [1.82, 2.24) is 9.55 Å². The van der Waals surface area contributed by atoms with Crippen molar-refractivity contribution in [3.8, 4) is 5.82 Å². The van der Waals surface area contributed by atoms with Crippen LogP contribution in [0.3, 0.4) is 0 Å². The van der Waals surface area contributed by atoms with Crippen LogP contribution < -0.4 is 5.32 Å². The van der Waals surface area contributed by atoms with E-state index in [0.29, 0.717) is 17.7 Å². The molecule has 0 aliphatic heterocycles. The highest BCUT2D eigenvalue weighted by Gasteiger charge is 2.07. The van der Waals surface area contributed by atoms with E-state index in [0.717, 1.165) is 11.4 Å². The van der Waals surface area contributed by atoms with Crippen molar-refractivity contribution in [2.24, 2.45) is 0 Å². The summed E-state index contributed by atoms with van der Waals surface area (Å²) in [5.41, 5.74) is 2.25. The summed E-state index contributed by atoms with van der Waals surface area (Å²) in [4.78, 5) is 16.5. The highest BCUT2D eigenvalue weighted by molar-refractivity contribution is 6.04. The minimum atomic E-state index is -0.202. The van der Waals surface area contributed by atoms with Crippen molar-refractivity contribution >= 4 is 11.6 Å². The highest BCUT2D eigenvalue weighted by atomic mass is 16.2. The van der Waals surface area contributed by atoms with Crippen LogP contribution in [0.15, 0.2) is 67.1 Å². The Labute approximate surface area is 134 Å². The molecule has 0 bridgehead atoms. The topological polar surface area (TPSA) is 67.2 Å². The van der Waals surface area contributed by atoms with E-state index in [1.54, 1.807) is 18.3 Å². The van der Waals surface area contributed by atoms with Crippen LogP contribution in [-0.2, 0) is 6.42 Å². The minimum Gasteiger partial charge on any atom is -0.396 e. The summed E-state index contributed by atoms with van der Waals surface area (Å²) in [6, 6.07) is 14.8. The number of nitrogens with one attached hydrogen (secondary N) is 1. The maximum Gasteiger partial charge on any atom is 0.257 e. The monoisotopic (exact) mass is 307 g/mol. The Balaban J connectivity index is 1.68. The molecule has 0 atom stereocenters. The number of aliphatic hydroxyl groups is 1. The van der Waals surface area contributed by atoms with Crippen LogP contribution >= 0.6 is 0 Å². The van der Waals surface area contributed by atoms with Gasteiger partial charge in [0, 0.05) is 30.9 Å². The average Bonchev–Trinajstić information content (AvgIpc) is 3.11. The molecule has 0 aliphatic rings. The Kier molecular flexibility index (Phi) is 4.49. The van der Waals surface area contributed by atoms with Gasteiger partial charge in [-0.05, 0) is 48.4 Å². The van der Waals surface area contributed by atoms with Gasteiger partial charge in [0.05, 0.1) is 5.56 Å². The average molecular weight is 307 g/mol. The molecule has 0 saturated heterocycles. The predicted octanol–water partition coefficient (Wildman–Crippen LogP) is 2.66. The molecule has 0 spiro atoms. The van der Waals surface area contributed by atoms with Gasteiger partial charge < -0.3 is 15.0 Å². The number of hydrogen-bond acceptors (Lipinski definition) is 3. The Morgan fingerprint density at radius 2 is 1.83 bits per heavy atom. The first-order valence-corrected chi connectivity index (χ1v) is 7.37. The van der Waals surface area contributed by atoms with Gasteiger partial charge in [-0.15, -0.1) is 0 Å². The molecule has 3 rings (SSSR count). The number of carbonyl (C=O) groups excluding carboxylic acids is 1. The molecule has 0 unspecified atom stereocenters. The second-order valence-electron chi connectivity index (χ2n) is 5.12. The minimum absolute atomic E-state index is 0.116. The summed E-state index contributed by atoms with van der Waals surface area (Å²) in [5.74, 6) is 0.561. The van der Waals surface area contributed by atoms with Gasteiger partial charge in [0.1, 0.15) is 5.82 Å². The Morgan fingerprint density at radius 1 is 1.09 bits per heavy atom. The van der Waals surface area contributed by atoms with Gasteiger partial charge >= 0.3 is 0 Å². The van der Waals surface area contributed by atoms with Crippen LogP contribution in [0.4, 0.5) is 5.69 Å². The second-order valence-corrected chi connectivity index (χ2v) is 5.12. The number of aliphatic hydroxyl groups excluding tert-OH is 1. The fourth-order valence-electron chi connectivity index (χ4n) is 2.25. The van der Waals surface area contributed by atoms with Crippen LogP contribution in [0.1, 0.15) is 15.9 Å². The summed E-state index contributed by atoms with van der Waals surface area (Å²) in [6.07, 6.45) is 5.97. The zero-order valence-electron chi connectivity index (χ0n) is 12.5. The summed E-state index contributed by atoms with van der Waals surface area (Å²) < 4.78 is 1.88. The van der Waals surface area contributed by atoms with Gasteiger partial charge in [-0.2, -0.15) is 0 Å². The lowest BCUT2D eigenvalue weighted by Crippen LogP contribution is -2.12. The molecule has 2 N–H and O–H groups in total. The first-order valence-electron chi connectivity index (χ1n) is 7.37. The van der Waals surface area contributed by atoms with E-state index in [2.05, 4.69) is 10.3 Å². The Morgan fingerprint density at radius 3 is 2.43 bits per heavy atom. The van der Waals surface area contributed by atoms with Crippen molar-refractivity contribution < 1.29 is 9.90 Å². The third-order valence-electron chi connectivity index (χ3n) is 3.49. The van der Waals surface area contributed by atoms with Crippen LogP contribution in [-0.4, -0.2) is 27.2 Å². The number of rotatable bonds is 5. The molecular formula is C18H17N3O2. The van der Waals surface area contributed by atoms with Crippen molar-refractivity contribution in [1.29, 1.82) is 0 Å². The van der Waals surface area contributed by atoms with Gasteiger partial charge in [-0.3, -0.25) is 4.79 Å². The molecule has 2 aromatic heterocycles. The van der Waals surface area contributed by atoms with Crippen molar-refractivity contribution in [2.75, 3.05) is 11.9 Å². The second kappa shape index (κ2) is 6.89. The van der Waals surface area contributed by atoms with Gasteiger partial charge in [0.15, 0.2) is 0 Å². The lowest BCUT2D eigenvalue weighted by molar-refractivity contribution is 0.102. The zero-order chi connectivity index (χ0) is 16.1. The fourth-order valence-corrected chi connectivity index (χ4v) is 2.25. The Bertz CT molecular complexity index is 763. The molecule has 116 valence electrons. The van der Waals surface area contributed by atoms with Gasteiger partial charge in [0.25, 0.3) is 5.91 Å². The van der Waals surface area contributed by atoms with Gasteiger partial charge in [-0.1, -0.05) is 12.1 Å². The van der Waals surface area contributed by atoms with Gasteiger partial charge in [0.2, 0.25) is 0 Å². The van der Waals surface area contributed by atoms with E-state index in [9.17, 15) is 4.79 Å². The molecule has 23 heavy (non-hydrogen) atoms.